The van der Waals surface area contributed by atoms with Crippen molar-refractivity contribution < 1.29 is 0 Å². The van der Waals surface area contributed by atoms with Gasteiger partial charge < -0.3 is 0 Å². The van der Waals surface area contributed by atoms with Gasteiger partial charge in [-0.3, -0.25) is 0 Å². The maximum atomic E-state index is 2.66. The second kappa shape index (κ2) is 12.2. The number of aryl methyl sites for hydroxylation is 6. The van der Waals surface area contributed by atoms with Crippen LogP contribution in [-0.2, 0) is 0 Å². The smallest absolute Gasteiger partial charge is 0.0656 e. The van der Waals surface area contributed by atoms with Gasteiger partial charge in [-0.25, -0.2) is 0 Å². The highest BCUT2D eigenvalue weighted by Crippen LogP contribution is 2.41. The minimum Gasteiger partial charge on any atom is -0.0656 e. The van der Waals surface area contributed by atoms with Crippen molar-refractivity contribution in [2.45, 2.75) is 128 Å². The van der Waals surface area contributed by atoms with Gasteiger partial charge >= 0.3 is 0 Å². The van der Waals surface area contributed by atoms with Crippen molar-refractivity contribution in [2.75, 3.05) is 0 Å². The standard InChI is InChI=1S/C42H64Si4/c1-26-20-36(21-27(2)39(26)43(11,12)13)46(42-34(9)32(7)33(8)35(42)10,37-22-28(3)40(29(4)23-37)44(14,15)16)38-24-30(5)41(31(6)25-38)45(17,18)19/h20-25,34H,1-19H3. The Labute approximate surface area is 287 Å². The number of rotatable bonds is 7. The van der Waals surface area contributed by atoms with Crippen LogP contribution in [0, 0.1) is 47.5 Å². The highest BCUT2D eigenvalue weighted by molar-refractivity contribution is 7.16. The molecule has 0 aliphatic heterocycles. The van der Waals surface area contributed by atoms with Crippen molar-refractivity contribution in [1.82, 2.24) is 0 Å². The maximum Gasteiger partial charge on any atom is 0.176 e. The minimum absolute atomic E-state index is 0.415. The minimum atomic E-state index is -2.75. The molecule has 248 valence electrons. The number of hydrogen-bond donors (Lipinski definition) is 0. The summed E-state index contributed by atoms with van der Waals surface area (Å²) in [4.78, 5) is 0. The Bertz CT molecular complexity index is 1540. The van der Waals surface area contributed by atoms with E-state index in [1.54, 1.807) is 41.9 Å². The maximum absolute atomic E-state index is 2.75. The lowest BCUT2D eigenvalue weighted by molar-refractivity contribution is 0.851. The van der Waals surface area contributed by atoms with Gasteiger partial charge in [-0.1, -0.05) is 168 Å². The highest BCUT2D eigenvalue weighted by atomic mass is 28.3. The van der Waals surface area contributed by atoms with E-state index in [4.69, 9.17) is 0 Å². The van der Waals surface area contributed by atoms with Crippen LogP contribution in [0.3, 0.4) is 0 Å². The first-order valence-corrected chi connectivity index (χ1v) is 30.1. The van der Waals surface area contributed by atoms with Crippen LogP contribution in [0.1, 0.15) is 61.1 Å². The summed E-state index contributed by atoms with van der Waals surface area (Å²) in [5.41, 5.74) is 13.6. The Morgan fingerprint density at radius 3 is 0.804 bits per heavy atom. The largest absolute Gasteiger partial charge is 0.176 e. The fraction of sp³-hybridized carbons (Fsp3) is 0.476. The third kappa shape index (κ3) is 6.06. The molecule has 1 aliphatic rings. The monoisotopic (exact) mass is 680 g/mol. The second-order valence-corrected chi connectivity index (χ2v) is 36.8. The van der Waals surface area contributed by atoms with Crippen molar-refractivity contribution >= 4 is 63.4 Å². The summed E-state index contributed by atoms with van der Waals surface area (Å²) < 4.78 is 0. The topological polar surface area (TPSA) is 0 Å². The van der Waals surface area contributed by atoms with Gasteiger partial charge in [0.05, 0.1) is 24.2 Å². The van der Waals surface area contributed by atoms with Crippen molar-refractivity contribution in [3.05, 3.63) is 91.7 Å². The van der Waals surface area contributed by atoms with Gasteiger partial charge in [0.15, 0.2) is 8.07 Å². The van der Waals surface area contributed by atoms with Gasteiger partial charge in [-0.2, -0.15) is 0 Å². The molecule has 0 spiro atoms. The molecule has 0 saturated heterocycles. The summed E-state index contributed by atoms with van der Waals surface area (Å²) in [5, 5.41) is 11.3. The van der Waals surface area contributed by atoms with E-state index in [2.05, 4.69) is 165 Å². The van der Waals surface area contributed by atoms with E-state index in [1.165, 1.54) is 44.5 Å². The molecule has 0 bridgehead atoms. The molecule has 0 N–H and O–H groups in total. The lowest BCUT2D eigenvalue weighted by Crippen LogP contribution is -2.71. The predicted octanol–water partition coefficient (Wildman–Crippen LogP) is 8.48. The van der Waals surface area contributed by atoms with Crippen molar-refractivity contribution in [1.29, 1.82) is 0 Å². The molecule has 1 aliphatic carbocycles. The van der Waals surface area contributed by atoms with E-state index < -0.39 is 32.3 Å². The van der Waals surface area contributed by atoms with E-state index in [1.807, 2.05) is 0 Å². The average Bonchev–Trinajstić information content (AvgIpc) is 3.04. The first kappa shape index (κ1) is 36.8. The second-order valence-electron chi connectivity index (χ2n) is 18.0. The van der Waals surface area contributed by atoms with Crippen LogP contribution in [0.15, 0.2) is 58.3 Å². The molecule has 0 nitrogen and oxygen atoms in total. The fourth-order valence-corrected chi connectivity index (χ4v) is 23.7. The summed E-state index contributed by atoms with van der Waals surface area (Å²) in [6.45, 7) is 46.8. The molecule has 46 heavy (non-hydrogen) atoms. The SMILES string of the molecule is CC1=C(C)C(C)C([Si](c2cc(C)c([Si](C)(C)C)c(C)c2)(c2cc(C)c([Si](C)(C)C)c(C)c2)c2cc(C)c([Si](C)(C)C)c(C)c2)=C1C. The van der Waals surface area contributed by atoms with Crippen LogP contribution >= 0.6 is 0 Å². The van der Waals surface area contributed by atoms with Gasteiger partial charge in [0.1, 0.15) is 0 Å². The van der Waals surface area contributed by atoms with Crippen LogP contribution in [-0.4, -0.2) is 32.3 Å². The van der Waals surface area contributed by atoms with Crippen molar-refractivity contribution in [3.8, 4) is 0 Å². The molecule has 0 heterocycles. The Balaban J connectivity index is 2.35. The third-order valence-electron chi connectivity index (χ3n) is 11.2. The molecule has 0 radical (unpaired) electrons. The van der Waals surface area contributed by atoms with Gasteiger partial charge in [0.2, 0.25) is 0 Å². The number of allylic oxidation sites excluding steroid dienone is 4. The summed E-state index contributed by atoms with van der Waals surface area (Å²) >= 11 is 0. The molecule has 4 heteroatoms. The fourth-order valence-electron chi connectivity index (χ4n) is 10.0. The molecular weight excluding hydrogens is 617 g/mol. The zero-order valence-electron chi connectivity index (χ0n) is 33.0. The van der Waals surface area contributed by atoms with Gasteiger partial charge in [0, 0.05) is 0 Å². The summed E-state index contributed by atoms with van der Waals surface area (Å²) in [6, 6.07) is 16.0. The van der Waals surface area contributed by atoms with Crippen LogP contribution in [0.4, 0.5) is 0 Å². The van der Waals surface area contributed by atoms with E-state index >= 15 is 0 Å². The summed E-state index contributed by atoms with van der Waals surface area (Å²) in [6.07, 6.45) is 0. The van der Waals surface area contributed by atoms with Crippen LogP contribution in [0.25, 0.3) is 0 Å². The van der Waals surface area contributed by atoms with Gasteiger partial charge in [-0.05, 0) is 89.4 Å². The van der Waals surface area contributed by atoms with Crippen molar-refractivity contribution in [3.63, 3.8) is 0 Å². The molecular formula is C42H64Si4. The molecule has 0 amide bonds. The van der Waals surface area contributed by atoms with E-state index in [0.29, 0.717) is 5.92 Å². The third-order valence-corrected chi connectivity index (χ3v) is 23.1. The molecule has 3 aromatic rings. The zero-order valence-corrected chi connectivity index (χ0v) is 37.0. The van der Waals surface area contributed by atoms with Crippen LogP contribution in [0.5, 0.6) is 0 Å². The first-order chi connectivity index (χ1) is 20.9. The normalized spacial score (nSPS) is 16.6. The molecule has 1 atom stereocenters. The Morgan fingerprint density at radius 1 is 0.391 bits per heavy atom. The number of hydrogen-bond acceptors (Lipinski definition) is 0. The Kier molecular flexibility index (Phi) is 9.74. The lowest BCUT2D eigenvalue weighted by Gasteiger charge is -2.41. The van der Waals surface area contributed by atoms with Crippen LogP contribution in [0.2, 0.25) is 58.9 Å². The first-order valence-electron chi connectivity index (χ1n) is 17.6. The average molecular weight is 681 g/mol. The van der Waals surface area contributed by atoms with E-state index in [9.17, 15) is 0 Å². The molecule has 0 saturated carbocycles. The lowest BCUT2D eigenvalue weighted by atomic mass is 10.1. The zero-order chi connectivity index (χ0) is 35.1. The predicted molar refractivity (Wildman–Crippen MR) is 222 cm³/mol. The van der Waals surface area contributed by atoms with Crippen molar-refractivity contribution in [2.24, 2.45) is 5.92 Å². The molecule has 4 rings (SSSR count). The summed E-state index contributed by atoms with van der Waals surface area (Å²) in [7, 11) is -7.35. The van der Waals surface area contributed by atoms with E-state index in [0.717, 1.165) is 0 Å². The quantitative estimate of drug-likeness (QED) is 0.174. The highest BCUT2D eigenvalue weighted by Gasteiger charge is 2.49. The number of benzene rings is 3. The molecule has 3 aromatic carbocycles. The van der Waals surface area contributed by atoms with Gasteiger partial charge in [-0.15, -0.1) is 0 Å². The van der Waals surface area contributed by atoms with E-state index in [-0.39, 0.29) is 0 Å². The van der Waals surface area contributed by atoms with Gasteiger partial charge in [0.25, 0.3) is 0 Å². The molecule has 0 aromatic heterocycles. The Morgan fingerprint density at radius 2 is 0.630 bits per heavy atom. The Hall–Kier alpha value is -1.99. The van der Waals surface area contributed by atoms with Crippen LogP contribution < -0.4 is 31.1 Å². The molecule has 0 fully saturated rings. The summed E-state index contributed by atoms with van der Waals surface area (Å²) in [5.74, 6) is 0.415. The molecule has 1 unspecified atom stereocenters.